The summed E-state index contributed by atoms with van der Waals surface area (Å²) in [4.78, 5) is 4.37. The fraction of sp³-hybridized carbons (Fsp3) is 0.158. The van der Waals surface area contributed by atoms with Crippen LogP contribution in [0.2, 0.25) is 0 Å². The quantitative estimate of drug-likeness (QED) is 0.545. The molecule has 0 aliphatic rings. The summed E-state index contributed by atoms with van der Waals surface area (Å²) < 4.78 is 16.2. The monoisotopic (exact) mass is 376 g/mol. The van der Waals surface area contributed by atoms with Crippen molar-refractivity contribution >= 4 is 33.3 Å². The maximum atomic E-state index is 9.25. The number of anilines is 2. The highest BCUT2D eigenvalue weighted by Crippen LogP contribution is 2.42. The molecule has 0 fully saturated rings. The maximum absolute atomic E-state index is 9.25. The molecule has 0 aliphatic heterocycles. The molecule has 9 heteroatoms. The van der Waals surface area contributed by atoms with Crippen molar-refractivity contribution in [2.24, 2.45) is 0 Å². The Morgan fingerprint density at radius 1 is 0.964 bits per heavy atom. The Bertz CT molecular complexity index is 1200. The summed E-state index contributed by atoms with van der Waals surface area (Å²) in [5, 5.41) is 24.4. The molecule has 2 aromatic heterocycles. The zero-order valence-electron chi connectivity index (χ0n) is 15.4. The largest absolute Gasteiger partial charge is 0.493 e. The van der Waals surface area contributed by atoms with Crippen molar-refractivity contribution in [1.29, 1.82) is 5.26 Å². The summed E-state index contributed by atoms with van der Waals surface area (Å²) >= 11 is 0. The Kier molecular flexibility index (Phi) is 4.29. The highest BCUT2D eigenvalue weighted by atomic mass is 16.5. The zero-order valence-corrected chi connectivity index (χ0v) is 15.4. The van der Waals surface area contributed by atoms with Crippen LogP contribution in [0.5, 0.6) is 17.2 Å². The number of fused-ring (bicyclic) bond motifs is 2. The van der Waals surface area contributed by atoms with Gasteiger partial charge >= 0.3 is 0 Å². The number of hydrogen-bond donors (Lipinski definition) is 2. The van der Waals surface area contributed by atoms with E-state index < -0.39 is 0 Å². The fourth-order valence-corrected chi connectivity index (χ4v) is 3.06. The zero-order chi connectivity index (χ0) is 19.7. The minimum atomic E-state index is 0.447. The van der Waals surface area contributed by atoms with E-state index in [2.05, 4.69) is 31.8 Å². The number of pyridine rings is 1. The van der Waals surface area contributed by atoms with E-state index in [1.807, 2.05) is 6.07 Å². The minimum Gasteiger partial charge on any atom is -0.493 e. The first kappa shape index (κ1) is 17.4. The lowest BCUT2D eigenvalue weighted by molar-refractivity contribution is 0.324. The molecule has 0 saturated heterocycles. The van der Waals surface area contributed by atoms with Gasteiger partial charge in [0.2, 0.25) is 5.75 Å². The van der Waals surface area contributed by atoms with Gasteiger partial charge in [-0.25, -0.2) is 0 Å². The summed E-state index contributed by atoms with van der Waals surface area (Å²) in [6.07, 6.45) is 1.53. The van der Waals surface area contributed by atoms with Gasteiger partial charge in [0.15, 0.2) is 11.5 Å². The van der Waals surface area contributed by atoms with Crippen LogP contribution in [0.3, 0.4) is 0 Å². The van der Waals surface area contributed by atoms with Gasteiger partial charge in [-0.05, 0) is 12.1 Å². The summed E-state index contributed by atoms with van der Waals surface area (Å²) in [5.41, 5.74) is 3.77. The number of benzene rings is 2. The van der Waals surface area contributed by atoms with Crippen molar-refractivity contribution in [2.75, 3.05) is 26.6 Å². The number of nitriles is 1. The van der Waals surface area contributed by atoms with E-state index in [0.29, 0.717) is 50.7 Å². The first-order valence-corrected chi connectivity index (χ1v) is 8.29. The van der Waals surface area contributed by atoms with E-state index in [-0.39, 0.29) is 0 Å². The number of aromatic amines is 1. The van der Waals surface area contributed by atoms with Gasteiger partial charge in [0.1, 0.15) is 17.1 Å². The van der Waals surface area contributed by atoms with Gasteiger partial charge in [-0.1, -0.05) is 0 Å². The third-order valence-corrected chi connectivity index (χ3v) is 4.34. The molecule has 0 radical (unpaired) electrons. The standard InChI is InChI=1S/C19H16N6O3/c1-26-15-5-11(6-16(27-2)19(15)28-3)22-17-12-4-10(8-20)9-21-13(12)7-14-18(17)24-25-23-14/h4-7,9,22H,1-3H3,(H,23,24,25). The smallest absolute Gasteiger partial charge is 0.203 e. The third kappa shape index (κ3) is 2.77. The molecule has 0 bridgehead atoms. The number of nitrogens with zero attached hydrogens (tertiary/aromatic N) is 4. The van der Waals surface area contributed by atoms with E-state index in [9.17, 15) is 5.26 Å². The molecular weight excluding hydrogens is 360 g/mol. The molecule has 4 rings (SSSR count). The Hall–Kier alpha value is -4.06. The molecule has 0 unspecified atom stereocenters. The van der Waals surface area contributed by atoms with Crippen molar-refractivity contribution < 1.29 is 14.2 Å². The van der Waals surface area contributed by atoms with Crippen molar-refractivity contribution in [3.05, 3.63) is 36.0 Å². The highest BCUT2D eigenvalue weighted by Gasteiger charge is 2.17. The molecule has 28 heavy (non-hydrogen) atoms. The van der Waals surface area contributed by atoms with Crippen LogP contribution in [0.15, 0.2) is 30.5 Å². The second-order valence-corrected chi connectivity index (χ2v) is 5.88. The summed E-state index contributed by atoms with van der Waals surface area (Å²) in [7, 11) is 4.65. The van der Waals surface area contributed by atoms with E-state index in [1.165, 1.54) is 6.20 Å². The number of nitrogens with one attached hydrogen (secondary N) is 2. The van der Waals surface area contributed by atoms with Crippen molar-refractivity contribution in [3.63, 3.8) is 0 Å². The van der Waals surface area contributed by atoms with Gasteiger partial charge in [-0.15, -0.1) is 0 Å². The van der Waals surface area contributed by atoms with E-state index >= 15 is 0 Å². The molecule has 2 heterocycles. The van der Waals surface area contributed by atoms with E-state index in [1.54, 1.807) is 39.5 Å². The lowest BCUT2D eigenvalue weighted by Gasteiger charge is -2.16. The van der Waals surface area contributed by atoms with Crippen LogP contribution in [0.25, 0.3) is 21.9 Å². The Morgan fingerprint density at radius 2 is 1.71 bits per heavy atom. The molecule has 0 aliphatic carbocycles. The molecule has 0 saturated carbocycles. The number of rotatable bonds is 5. The Labute approximate surface area is 159 Å². The molecule has 0 atom stereocenters. The lowest BCUT2D eigenvalue weighted by Crippen LogP contribution is -1.99. The van der Waals surface area contributed by atoms with Gasteiger partial charge in [0, 0.05) is 29.4 Å². The average molecular weight is 376 g/mol. The fourth-order valence-electron chi connectivity index (χ4n) is 3.06. The molecule has 2 N–H and O–H groups in total. The van der Waals surface area contributed by atoms with Crippen molar-refractivity contribution in [3.8, 4) is 23.3 Å². The predicted molar refractivity (Wildman–Crippen MR) is 103 cm³/mol. The van der Waals surface area contributed by atoms with Gasteiger partial charge < -0.3 is 19.5 Å². The van der Waals surface area contributed by atoms with Crippen LogP contribution in [0.4, 0.5) is 11.4 Å². The van der Waals surface area contributed by atoms with Crippen LogP contribution in [-0.2, 0) is 0 Å². The Morgan fingerprint density at radius 3 is 2.36 bits per heavy atom. The van der Waals surface area contributed by atoms with Gasteiger partial charge in [0.05, 0.1) is 38.1 Å². The number of aromatic nitrogens is 4. The lowest BCUT2D eigenvalue weighted by atomic mass is 10.1. The molecule has 2 aromatic carbocycles. The summed E-state index contributed by atoms with van der Waals surface area (Å²) in [6.45, 7) is 0. The third-order valence-electron chi connectivity index (χ3n) is 4.34. The topological polar surface area (TPSA) is 118 Å². The SMILES string of the molecule is COc1cc(Nc2c3cc(C#N)cnc3cc3n[nH]nc23)cc(OC)c1OC. The Balaban J connectivity index is 1.94. The number of hydrogen-bond acceptors (Lipinski definition) is 8. The normalized spacial score (nSPS) is 10.6. The number of ether oxygens (including phenoxy) is 3. The average Bonchev–Trinajstić information content (AvgIpc) is 3.20. The van der Waals surface area contributed by atoms with Crippen LogP contribution in [-0.4, -0.2) is 41.7 Å². The van der Waals surface area contributed by atoms with Gasteiger partial charge in [-0.3, -0.25) is 4.98 Å². The van der Waals surface area contributed by atoms with Crippen LogP contribution < -0.4 is 19.5 Å². The van der Waals surface area contributed by atoms with Gasteiger partial charge in [0.25, 0.3) is 0 Å². The second-order valence-electron chi connectivity index (χ2n) is 5.88. The molecule has 0 amide bonds. The molecule has 9 nitrogen and oxygen atoms in total. The first-order valence-electron chi connectivity index (χ1n) is 8.29. The molecule has 140 valence electrons. The molecule has 0 spiro atoms. The van der Waals surface area contributed by atoms with E-state index in [4.69, 9.17) is 14.2 Å². The highest BCUT2D eigenvalue weighted by molar-refractivity contribution is 6.08. The van der Waals surface area contributed by atoms with Crippen LogP contribution in [0.1, 0.15) is 5.56 Å². The van der Waals surface area contributed by atoms with E-state index in [0.717, 1.165) is 5.39 Å². The first-order chi connectivity index (χ1) is 13.7. The van der Waals surface area contributed by atoms with Gasteiger partial charge in [-0.2, -0.15) is 20.7 Å². The number of methoxy groups -OCH3 is 3. The van der Waals surface area contributed by atoms with Crippen LogP contribution >= 0.6 is 0 Å². The molecular formula is C19H16N6O3. The summed E-state index contributed by atoms with van der Waals surface area (Å²) in [6, 6.07) is 9.26. The molecule has 4 aromatic rings. The predicted octanol–water partition coefficient (Wildman–Crippen LogP) is 3.15. The van der Waals surface area contributed by atoms with Crippen LogP contribution in [0, 0.1) is 11.3 Å². The number of H-pyrrole nitrogens is 1. The summed E-state index contributed by atoms with van der Waals surface area (Å²) in [5.74, 6) is 1.52. The maximum Gasteiger partial charge on any atom is 0.203 e. The van der Waals surface area contributed by atoms with Crippen molar-refractivity contribution in [2.45, 2.75) is 0 Å². The second kappa shape index (κ2) is 6.92. The minimum absolute atomic E-state index is 0.447. The van der Waals surface area contributed by atoms with Crippen molar-refractivity contribution in [1.82, 2.24) is 20.4 Å².